The Kier molecular flexibility index (Phi) is 6.52. The normalized spacial score (nSPS) is 10.1. The highest BCUT2D eigenvalue weighted by Crippen LogP contribution is 2.24. The SMILES string of the molecule is COc1ccc(C)cc1NC(=O)CNCCCC(=O)O. The van der Waals surface area contributed by atoms with Crippen molar-refractivity contribution in [2.45, 2.75) is 19.8 Å². The van der Waals surface area contributed by atoms with Crippen molar-refractivity contribution in [3.8, 4) is 5.75 Å². The number of carboxylic acids is 1. The number of aliphatic carboxylic acids is 1. The standard InChI is InChI=1S/C14H20N2O4/c1-10-5-6-12(20-2)11(8-10)16-13(17)9-15-7-3-4-14(18)19/h5-6,8,15H,3-4,7,9H2,1-2H3,(H,16,17)(H,18,19). The lowest BCUT2D eigenvalue weighted by molar-refractivity contribution is -0.137. The Morgan fingerprint density at radius 1 is 1.35 bits per heavy atom. The average Bonchev–Trinajstić information content (AvgIpc) is 2.38. The zero-order chi connectivity index (χ0) is 15.0. The van der Waals surface area contributed by atoms with Crippen molar-refractivity contribution >= 4 is 17.6 Å². The number of carboxylic acid groups (broad SMARTS) is 1. The molecule has 20 heavy (non-hydrogen) atoms. The maximum atomic E-state index is 11.7. The topological polar surface area (TPSA) is 87.7 Å². The fourth-order valence-electron chi connectivity index (χ4n) is 1.68. The summed E-state index contributed by atoms with van der Waals surface area (Å²) in [7, 11) is 1.55. The molecule has 0 aliphatic carbocycles. The van der Waals surface area contributed by atoms with Crippen LogP contribution in [0, 0.1) is 6.92 Å². The molecular weight excluding hydrogens is 260 g/mol. The minimum atomic E-state index is -0.833. The zero-order valence-corrected chi connectivity index (χ0v) is 11.7. The summed E-state index contributed by atoms with van der Waals surface area (Å²) in [5.74, 6) is -0.417. The molecule has 0 bridgehead atoms. The summed E-state index contributed by atoms with van der Waals surface area (Å²) in [5.41, 5.74) is 1.65. The average molecular weight is 280 g/mol. The van der Waals surface area contributed by atoms with Crippen molar-refractivity contribution in [2.24, 2.45) is 0 Å². The monoisotopic (exact) mass is 280 g/mol. The van der Waals surface area contributed by atoms with E-state index in [2.05, 4.69) is 10.6 Å². The third kappa shape index (κ3) is 5.71. The second-order valence-electron chi connectivity index (χ2n) is 4.43. The van der Waals surface area contributed by atoms with Gasteiger partial charge in [0.15, 0.2) is 0 Å². The summed E-state index contributed by atoms with van der Waals surface area (Å²) < 4.78 is 5.17. The molecule has 0 atom stereocenters. The molecule has 0 spiro atoms. The van der Waals surface area contributed by atoms with Crippen LogP contribution in [-0.4, -0.2) is 37.2 Å². The highest BCUT2D eigenvalue weighted by molar-refractivity contribution is 5.93. The van der Waals surface area contributed by atoms with Crippen molar-refractivity contribution in [3.63, 3.8) is 0 Å². The zero-order valence-electron chi connectivity index (χ0n) is 11.7. The van der Waals surface area contributed by atoms with Gasteiger partial charge in [0, 0.05) is 6.42 Å². The van der Waals surface area contributed by atoms with Gasteiger partial charge in [0.05, 0.1) is 19.3 Å². The molecule has 6 heteroatoms. The fourth-order valence-corrected chi connectivity index (χ4v) is 1.68. The predicted molar refractivity (Wildman–Crippen MR) is 76.1 cm³/mol. The lowest BCUT2D eigenvalue weighted by Crippen LogP contribution is -2.29. The number of methoxy groups -OCH3 is 1. The number of aryl methyl sites for hydroxylation is 1. The van der Waals surface area contributed by atoms with E-state index in [0.717, 1.165) is 5.56 Å². The van der Waals surface area contributed by atoms with Gasteiger partial charge in [-0.15, -0.1) is 0 Å². The van der Waals surface area contributed by atoms with E-state index in [-0.39, 0.29) is 18.9 Å². The van der Waals surface area contributed by atoms with E-state index in [1.165, 1.54) is 0 Å². The molecule has 0 radical (unpaired) electrons. The minimum Gasteiger partial charge on any atom is -0.495 e. The Hall–Kier alpha value is -2.08. The number of anilines is 1. The predicted octanol–water partition coefficient (Wildman–Crippen LogP) is 1.40. The lowest BCUT2D eigenvalue weighted by atomic mass is 10.2. The number of hydrogen-bond acceptors (Lipinski definition) is 4. The minimum absolute atomic E-state index is 0.0975. The number of nitrogens with one attached hydrogen (secondary N) is 2. The summed E-state index contributed by atoms with van der Waals surface area (Å²) in [5, 5.41) is 14.1. The molecule has 3 N–H and O–H groups in total. The number of rotatable bonds is 8. The first-order chi connectivity index (χ1) is 9.52. The molecule has 0 unspecified atom stereocenters. The summed E-state index contributed by atoms with van der Waals surface area (Å²) in [6.07, 6.45) is 0.594. The largest absolute Gasteiger partial charge is 0.495 e. The van der Waals surface area contributed by atoms with Crippen molar-refractivity contribution in [2.75, 3.05) is 25.5 Å². The maximum absolute atomic E-state index is 11.7. The van der Waals surface area contributed by atoms with Gasteiger partial charge in [-0.05, 0) is 37.6 Å². The summed E-state index contributed by atoms with van der Waals surface area (Å²) in [6, 6.07) is 5.53. The molecule has 0 heterocycles. The Morgan fingerprint density at radius 2 is 2.10 bits per heavy atom. The quantitative estimate of drug-likeness (QED) is 0.626. The van der Waals surface area contributed by atoms with Crippen LogP contribution in [0.2, 0.25) is 0 Å². The maximum Gasteiger partial charge on any atom is 0.303 e. The number of hydrogen-bond donors (Lipinski definition) is 3. The van der Waals surface area contributed by atoms with E-state index in [4.69, 9.17) is 9.84 Å². The van der Waals surface area contributed by atoms with Crippen LogP contribution < -0.4 is 15.4 Å². The molecule has 0 aliphatic heterocycles. The molecule has 1 aromatic carbocycles. The fraction of sp³-hybridized carbons (Fsp3) is 0.429. The smallest absolute Gasteiger partial charge is 0.303 e. The van der Waals surface area contributed by atoms with Crippen LogP contribution in [0.15, 0.2) is 18.2 Å². The molecule has 0 saturated carbocycles. The van der Waals surface area contributed by atoms with Gasteiger partial charge < -0.3 is 20.5 Å². The number of carbonyl (C=O) groups excluding carboxylic acids is 1. The van der Waals surface area contributed by atoms with Crippen LogP contribution in [-0.2, 0) is 9.59 Å². The first-order valence-electron chi connectivity index (χ1n) is 6.40. The van der Waals surface area contributed by atoms with Crippen LogP contribution in [0.25, 0.3) is 0 Å². The number of carbonyl (C=O) groups is 2. The van der Waals surface area contributed by atoms with Crippen molar-refractivity contribution in [3.05, 3.63) is 23.8 Å². The molecule has 0 saturated heterocycles. The lowest BCUT2D eigenvalue weighted by Gasteiger charge is -2.11. The van der Waals surface area contributed by atoms with Crippen molar-refractivity contribution in [1.29, 1.82) is 0 Å². The number of benzene rings is 1. The third-order valence-corrected chi connectivity index (χ3v) is 2.66. The second kappa shape index (κ2) is 8.16. The van der Waals surface area contributed by atoms with E-state index in [1.54, 1.807) is 13.2 Å². The Balaban J connectivity index is 2.38. The van der Waals surface area contributed by atoms with E-state index in [1.807, 2.05) is 19.1 Å². The van der Waals surface area contributed by atoms with Crippen LogP contribution in [0.5, 0.6) is 5.75 Å². The number of amides is 1. The first kappa shape index (κ1) is 16.0. The van der Waals surface area contributed by atoms with Gasteiger partial charge in [-0.1, -0.05) is 6.07 Å². The Morgan fingerprint density at radius 3 is 2.75 bits per heavy atom. The molecule has 6 nitrogen and oxygen atoms in total. The summed E-state index contributed by atoms with van der Waals surface area (Å²) in [6.45, 7) is 2.56. The Labute approximate surface area is 118 Å². The van der Waals surface area contributed by atoms with Gasteiger partial charge in [-0.2, -0.15) is 0 Å². The van der Waals surface area contributed by atoms with E-state index < -0.39 is 5.97 Å². The molecule has 0 aliphatic rings. The van der Waals surface area contributed by atoms with Crippen molar-refractivity contribution in [1.82, 2.24) is 5.32 Å². The third-order valence-electron chi connectivity index (χ3n) is 2.66. The van der Waals surface area contributed by atoms with E-state index in [9.17, 15) is 9.59 Å². The van der Waals surface area contributed by atoms with Gasteiger partial charge in [-0.25, -0.2) is 0 Å². The molecule has 110 valence electrons. The van der Waals surface area contributed by atoms with Gasteiger partial charge in [0.2, 0.25) is 5.91 Å². The highest BCUT2D eigenvalue weighted by Gasteiger charge is 2.07. The Bertz CT molecular complexity index is 474. The summed E-state index contributed by atoms with van der Waals surface area (Å²) >= 11 is 0. The van der Waals surface area contributed by atoms with Crippen LogP contribution in [0.1, 0.15) is 18.4 Å². The van der Waals surface area contributed by atoms with E-state index in [0.29, 0.717) is 24.4 Å². The van der Waals surface area contributed by atoms with Crippen LogP contribution in [0.4, 0.5) is 5.69 Å². The molecule has 1 aromatic rings. The van der Waals surface area contributed by atoms with Gasteiger partial charge >= 0.3 is 5.97 Å². The molecule has 1 rings (SSSR count). The molecule has 0 fully saturated rings. The molecular formula is C14H20N2O4. The van der Waals surface area contributed by atoms with Gasteiger partial charge in [-0.3, -0.25) is 9.59 Å². The summed E-state index contributed by atoms with van der Waals surface area (Å²) in [4.78, 5) is 22.1. The number of ether oxygens (including phenoxy) is 1. The first-order valence-corrected chi connectivity index (χ1v) is 6.40. The van der Waals surface area contributed by atoms with Crippen LogP contribution >= 0.6 is 0 Å². The van der Waals surface area contributed by atoms with Crippen LogP contribution in [0.3, 0.4) is 0 Å². The molecule has 0 aromatic heterocycles. The van der Waals surface area contributed by atoms with E-state index >= 15 is 0 Å². The van der Waals surface area contributed by atoms with Gasteiger partial charge in [0.1, 0.15) is 5.75 Å². The van der Waals surface area contributed by atoms with Crippen molar-refractivity contribution < 1.29 is 19.4 Å². The highest BCUT2D eigenvalue weighted by atomic mass is 16.5. The molecule has 1 amide bonds. The van der Waals surface area contributed by atoms with Gasteiger partial charge in [0.25, 0.3) is 0 Å². The second-order valence-corrected chi connectivity index (χ2v) is 4.43.